The second-order valence-corrected chi connectivity index (χ2v) is 10.7. The number of hydrogen-bond acceptors (Lipinski definition) is 4. The van der Waals surface area contributed by atoms with E-state index in [0.29, 0.717) is 5.39 Å². The van der Waals surface area contributed by atoms with Crippen LogP contribution in [0.25, 0.3) is 22.3 Å². The molecule has 2 heterocycles. The smallest absolute Gasteiger partial charge is 0.325 e. The molecule has 1 fully saturated rings. The van der Waals surface area contributed by atoms with Crippen LogP contribution in [0.15, 0.2) is 47.5 Å². The van der Waals surface area contributed by atoms with E-state index in [1.807, 2.05) is 18.2 Å². The summed E-state index contributed by atoms with van der Waals surface area (Å²) in [7, 11) is -3.93. The number of H-pyrrole nitrogens is 1. The standard InChI is InChI=1S/C21H22N2O4S/c1-20(2,3)14-6-9-22-17(12-14)18-11-13-10-15(4-5-16(13)23-18)28(26,27)21(7-8-21)19(24)25/h4-6,9-12,23H,7-8H2,1-3H3,(H,24,25). The molecule has 0 amide bonds. The lowest BCUT2D eigenvalue weighted by molar-refractivity contribution is -0.137. The number of sulfone groups is 1. The topological polar surface area (TPSA) is 100 Å². The van der Waals surface area contributed by atoms with Crippen LogP contribution in [0.2, 0.25) is 0 Å². The number of fused-ring (bicyclic) bond motifs is 1. The highest BCUT2D eigenvalue weighted by Crippen LogP contribution is 2.47. The second-order valence-electron chi connectivity index (χ2n) is 8.41. The number of nitrogens with one attached hydrogen (secondary N) is 1. The van der Waals surface area contributed by atoms with Crippen molar-refractivity contribution < 1.29 is 18.3 Å². The Morgan fingerprint density at radius 1 is 1.14 bits per heavy atom. The predicted molar refractivity (Wildman–Crippen MR) is 107 cm³/mol. The minimum Gasteiger partial charge on any atom is -0.480 e. The Hall–Kier alpha value is -2.67. The van der Waals surface area contributed by atoms with E-state index >= 15 is 0 Å². The van der Waals surface area contributed by atoms with Gasteiger partial charge in [-0.1, -0.05) is 20.8 Å². The molecule has 0 aliphatic heterocycles. The van der Waals surface area contributed by atoms with Crippen molar-refractivity contribution in [2.75, 3.05) is 0 Å². The maximum Gasteiger partial charge on any atom is 0.325 e. The van der Waals surface area contributed by atoms with Gasteiger partial charge in [0.05, 0.1) is 16.3 Å². The van der Waals surface area contributed by atoms with Crippen LogP contribution in [0.5, 0.6) is 0 Å². The van der Waals surface area contributed by atoms with Gasteiger partial charge in [0.15, 0.2) is 14.6 Å². The van der Waals surface area contributed by atoms with E-state index in [9.17, 15) is 18.3 Å². The molecule has 0 saturated heterocycles. The highest BCUT2D eigenvalue weighted by Gasteiger charge is 2.61. The molecule has 1 aliphatic rings. The first-order valence-corrected chi connectivity index (χ1v) is 10.6. The Kier molecular flexibility index (Phi) is 3.94. The fraction of sp³-hybridized carbons (Fsp3) is 0.333. The van der Waals surface area contributed by atoms with Crippen molar-refractivity contribution >= 4 is 26.7 Å². The molecular formula is C21H22N2O4S. The molecule has 0 bridgehead atoms. The fourth-order valence-corrected chi connectivity index (χ4v) is 5.25. The summed E-state index contributed by atoms with van der Waals surface area (Å²) in [5, 5.41) is 10.1. The van der Waals surface area contributed by atoms with Crippen LogP contribution in [-0.4, -0.2) is 34.2 Å². The average molecular weight is 398 g/mol. The third-order valence-electron chi connectivity index (χ3n) is 5.41. The van der Waals surface area contributed by atoms with Gasteiger partial charge in [0.2, 0.25) is 0 Å². The number of nitrogens with zero attached hydrogens (tertiary/aromatic N) is 1. The number of benzene rings is 1. The Labute approximate surface area is 163 Å². The first-order valence-electron chi connectivity index (χ1n) is 9.12. The number of aromatic nitrogens is 2. The third kappa shape index (κ3) is 2.81. The van der Waals surface area contributed by atoms with Crippen LogP contribution < -0.4 is 0 Å². The number of rotatable bonds is 4. The zero-order valence-electron chi connectivity index (χ0n) is 16.0. The number of aromatic amines is 1. The molecule has 6 nitrogen and oxygen atoms in total. The molecular weight excluding hydrogens is 376 g/mol. The largest absolute Gasteiger partial charge is 0.480 e. The quantitative estimate of drug-likeness (QED) is 0.694. The molecule has 0 unspecified atom stereocenters. The summed E-state index contributed by atoms with van der Waals surface area (Å²) in [5.74, 6) is -1.27. The van der Waals surface area contributed by atoms with E-state index in [1.54, 1.807) is 18.3 Å². The van der Waals surface area contributed by atoms with Crippen molar-refractivity contribution in [1.29, 1.82) is 0 Å². The van der Waals surface area contributed by atoms with Gasteiger partial charge in [0.1, 0.15) is 0 Å². The molecule has 4 rings (SSSR count). The van der Waals surface area contributed by atoms with Crippen LogP contribution in [0.3, 0.4) is 0 Å². The fourth-order valence-electron chi connectivity index (χ4n) is 3.40. The number of pyridine rings is 1. The molecule has 1 aliphatic carbocycles. The molecule has 1 saturated carbocycles. The van der Waals surface area contributed by atoms with Gasteiger partial charge in [-0.25, -0.2) is 8.42 Å². The third-order valence-corrected chi connectivity index (χ3v) is 7.90. The maximum absolute atomic E-state index is 12.8. The molecule has 0 radical (unpaired) electrons. The summed E-state index contributed by atoms with van der Waals surface area (Å²) < 4.78 is 24.0. The van der Waals surface area contributed by atoms with Gasteiger partial charge in [-0.15, -0.1) is 0 Å². The van der Waals surface area contributed by atoms with Crippen LogP contribution >= 0.6 is 0 Å². The van der Waals surface area contributed by atoms with E-state index in [2.05, 4.69) is 30.7 Å². The molecule has 0 atom stereocenters. The van der Waals surface area contributed by atoms with Gasteiger partial charge in [0.25, 0.3) is 0 Å². The minimum absolute atomic E-state index is 0.0135. The highest BCUT2D eigenvalue weighted by molar-refractivity contribution is 7.94. The molecule has 0 spiro atoms. The molecule has 1 aromatic carbocycles. The molecule has 146 valence electrons. The number of carbonyl (C=O) groups is 1. The summed E-state index contributed by atoms with van der Waals surface area (Å²) in [5.41, 5.74) is 3.47. The zero-order valence-corrected chi connectivity index (χ0v) is 16.8. The maximum atomic E-state index is 12.8. The molecule has 28 heavy (non-hydrogen) atoms. The van der Waals surface area contributed by atoms with Crippen molar-refractivity contribution in [3.05, 3.63) is 48.2 Å². The van der Waals surface area contributed by atoms with Crippen LogP contribution in [0, 0.1) is 0 Å². The Morgan fingerprint density at radius 3 is 2.46 bits per heavy atom. The average Bonchev–Trinajstić information content (AvgIpc) is 3.35. The number of hydrogen-bond donors (Lipinski definition) is 2. The lowest BCUT2D eigenvalue weighted by Crippen LogP contribution is -2.32. The minimum atomic E-state index is -3.93. The number of carboxylic acids is 1. The van der Waals surface area contributed by atoms with Crippen molar-refractivity contribution in [2.45, 2.75) is 48.7 Å². The van der Waals surface area contributed by atoms with Crippen molar-refractivity contribution in [3.63, 3.8) is 0 Å². The lowest BCUT2D eigenvalue weighted by Gasteiger charge is -2.19. The first-order chi connectivity index (χ1) is 13.0. The lowest BCUT2D eigenvalue weighted by atomic mass is 9.87. The van der Waals surface area contributed by atoms with Gasteiger partial charge in [-0.05, 0) is 60.2 Å². The van der Waals surface area contributed by atoms with Crippen molar-refractivity contribution in [2.24, 2.45) is 0 Å². The van der Waals surface area contributed by atoms with Crippen molar-refractivity contribution in [3.8, 4) is 11.4 Å². The molecule has 2 N–H and O–H groups in total. The van der Waals surface area contributed by atoms with Gasteiger partial charge in [0, 0.05) is 17.1 Å². The summed E-state index contributed by atoms with van der Waals surface area (Å²) in [6.45, 7) is 6.39. The number of carboxylic acid groups (broad SMARTS) is 1. The van der Waals surface area contributed by atoms with E-state index in [4.69, 9.17) is 0 Å². The van der Waals surface area contributed by atoms with E-state index in [-0.39, 0.29) is 23.2 Å². The molecule has 3 aromatic rings. The first kappa shape index (κ1) is 18.7. The predicted octanol–water partition coefficient (Wildman–Crippen LogP) is 3.92. The zero-order chi connectivity index (χ0) is 20.3. The SMILES string of the molecule is CC(C)(C)c1ccnc(-c2cc3cc(S(=O)(=O)C4(C(=O)O)CC4)ccc3[nH]2)c1. The van der Waals surface area contributed by atoms with E-state index < -0.39 is 20.6 Å². The summed E-state index contributed by atoms with van der Waals surface area (Å²) in [6, 6.07) is 10.5. The van der Waals surface area contributed by atoms with E-state index in [1.165, 1.54) is 6.07 Å². The summed E-state index contributed by atoms with van der Waals surface area (Å²) in [4.78, 5) is 19.2. The van der Waals surface area contributed by atoms with Crippen LogP contribution in [-0.2, 0) is 20.0 Å². The summed E-state index contributed by atoms with van der Waals surface area (Å²) >= 11 is 0. The van der Waals surface area contributed by atoms with Gasteiger partial charge in [-0.3, -0.25) is 9.78 Å². The van der Waals surface area contributed by atoms with Crippen LogP contribution in [0.4, 0.5) is 0 Å². The monoisotopic (exact) mass is 398 g/mol. The van der Waals surface area contributed by atoms with Crippen LogP contribution in [0.1, 0.15) is 39.2 Å². The van der Waals surface area contributed by atoms with Crippen molar-refractivity contribution in [1.82, 2.24) is 9.97 Å². The van der Waals surface area contributed by atoms with E-state index in [0.717, 1.165) is 22.5 Å². The molecule has 7 heteroatoms. The van der Waals surface area contributed by atoms with Gasteiger partial charge >= 0.3 is 5.97 Å². The Morgan fingerprint density at radius 2 is 1.86 bits per heavy atom. The second kappa shape index (κ2) is 5.91. The number of aliphatic carboxylic acids is 1. The van der Waals surface area contributed by atoms with Gasteiger partial charge in [-0.2, -0.15) is 0 Å². The Balaban J connectivity index is 1.77. The molecule has 2 aromatic heterocycles. The van der Waals surface area contributed by atoms with Gasteiger partial charge < -0.3 is 10.1 Å². The summed E-state index contributed by atoms with van der Waals surface area (Å²) in [6.07, 6.45) is 2.08. The Bertz CT molecular complexity index is 1200. The highest BCUT2D eigenvalue weighted by atomic mass is 32.2. The normalized spacial score (nSPS) is 16.2.